The number of hydrogen-bond donors (Lipinski definition) is 4. The van der Waals surface area contributed by atoms with Crippen LogP contribution in [0.5, 0.6) is 0 Å². The van der Waals surface area contributed by atoms with Gasteiger partial charge < -0.3 is 14.9 Å². The summed E-state index contributed by atoms with van der Waals surface area (Å²) >= 11 is 0. The molecule has 0 aliphatic carbocycles. The van der Waals surface area contributed by atoms with Crippen molar-refractivity contribution in [3.8, 4) is 0 Å². The van der Waals surface area contributed by atoms with E-state index in [1.54, 1.807) is 4.72 Å². The highest BCUT2D eigenvalue weighted by molar-refractivity contribution is 7.88. The van der Waals surface area contributed by atoms with Gasteiger partial charge >= 0.3 is 28.2 Å². The van der Waals surface area contributed by atoms with E-state index in [9.17, 15) is 22.8 Å². The normalized spacial score (nSPS) is 12.8. The van der Waals surface area contributed by atoms with E-state index in [-0.39, 0.29) is 0 Å². The summed E-state index contributed by atoms with van der Waals surface area (Å²) in [4.78, 5) is 32.2. The number of hydrogen-bond acceptors (Lipinski definition) is 6. The van der Waals surface area contributed by atoms with Gasteiger partial charge in [-0.15, -0.1) is 0 Å². The Morgan fingerprint density at radius 2 is 1.75 bits per heavy atom. The lowest BCUT2D eigenvalue weighted by Gasteiger charge is -2.15. The van der Waals surface area contributed by atoms with E-state index in [2.05, 4.69) is 4.74 Å². The molecule has 0 aromatic heterocycles. The van der Waals surface area contributed by atoms with Gasteiger partial charge in [-0.2, -0.15) is 13.1 Å². The molecule has 0 aliphatic heterocycles. The second-order valence-electron chi connectivity index (χ2n) is 4.00. The van der Waals surface area contributed by atoms with Crippen LogP contribution >= 0.6 is 0 Å². The summed E-state index contributed by atoms with van der Waals surface area (Å²) < 4.78 is 30.5. The molecule has 4 N–H and O–H groups in total. The van der Waals surface area contributed by atoms with Gasteiger partial charge in [0, 0.05) is 6.42 Å². The average Bonchev–Trinajstić information content (AvgIpc) is 2.21. The number of carboxylic acids is 2. The molecule has 1 amide bonds. The number of carbonyl (C=O) groups is 3. The van der Waals surface area contributed by atoms with Crippen LogP contribution in [0.2, 0.25) is 0 Å². The summed E-state index contributed by atoms with van der Waals surface area (Å²) in [6.07, 6.45) is -2.84. The smallest absolute Gasteiger partial charge is 0.422 e. The molecule has 116 valence electrons. The van der Waals surface area contributed by atoms with Crippen LogP contribution in [0.1, 0.15) is 26.7 Å². The molecule has 10 nitrogen and oxygen atoms in total. The lowest BCUT2D eigenvalue weighted by Crippen LogP contribution is -2.48. The number of nitrogens with one attached hydrogen (secondary N) is 2. The zero-order chi connectivity index (χ0) is 15.9. The van der Waals surface area contributed by atoms with Crippen molar-refractivity contribution in [1.29, 1.82) is 0 Å². The van der Waals surface area contributed by atoms with Crippen LogP contribution in [0.15, 0.2) is 0 Å². The quantitative estimate of drug-likeness (QED) is 0.456. The monoisotopic (exact) mass is 312 g/mol. The maximum atomic E-state index is 11.4. The van der Waals surface area contributed by atoms with Crippen molar-refractivity contribution < 1.29 is 37.8 Å². The second kappa shape index (κ2) is 7.65. The van der Waals surface area contributed by atoms with Gasteiger partial charge in [0.2, 0.25) is 0 Å². The lowest BCUT2D eigenvalue weighted by molar-refractivity contribution is -0.140. The fourth-order valence-corrected chi connectivity index (χ4v) is 1.98. The molecule has 0 bridgehead atoms. The van der Waals surface area contributed by atoms with Crippen molar-refractivity contribution in [1.82, 2.24) is 9.44 Å². The molecule has 0 radical (unpaired) electrons. The maximum absolute atomic E-state index is 11.4. The third-order valence-electron chi connectivity index (χ3n) is 1.80. The van der Waals surface area contributed by atoms with Crippen molar-refractivity contribution in [2.24, 2.45) is 0 Å². The van der Waals surface area contributed by atoms with E-state index in [1.165, 1.54) is 18.6 Å². The Morgan fingerprint density at radius 1 is 1.20 bits per heavy atom. The molecular formula is C9H16N2O8S. The van der Waals surface area contributed by atoms with E-state index in [0.29, 0.717) is 0 Å². The van der Waals surface area contributed by atoms with Gasteiger partial charge in [-0.3, -0.25) is 9.59 Å². The summed E-state index contributed by atoms with van der Waals surface area (Å²) in [5.74, 6) is -2.84. The van der Waals surface area contributed by atoms with E-state index >= 15 is 0 Å². The fourth-order valence-electron chi connectivity index (χ4n) is 1.07. The van der Waals surface area contributed by atoms with Crippen LogP contribution < -0.4 is 9.44 Å². The molecule has 0 aromatic carbocycles. The molecule has 1 atom stereocenters. The molecule has 0 aliphatic rings. The Labute approximate surface area is 115 Å². The summed E-state index contributed by atoms with van der Waals surface area (Å²) in [6.45, 7) is 2.99. The first-order chi connectivity index (χ1) is 9.03. The predicted octanol–water partition coefficient (Wildman–Crippen LogP) is -0.727. The van der Waals surface area contributed by atoms with Gasteiger partial charge in [0.1, 0.15) is 6.04 Å². The molecule has 0 heterocycles. The topological polar surface area (TPSA) is 159 Å². The summed E-state index contributed by atoms with van der Waals surface area (Å²) in [7, 11) is -4.47. The van der Waals surface area contributed by atoms with Crippen molar-refractivity contribution in [3.63, 3.8) is 0 Å². The van der Waals surface area contributed by atoms with E-state index in [0.717, 1.165) is 0 Å². The maximum Gasteiger partial charge on any atom is 0.422 e. The van der Waals surface area contributed by atoms with E-state index in [1.807, 2.05) is 0 Å². The number of carboxylic acid groups (broad SMARTS) is 2. The van der Waals surface area contributed by atoms with E-state index in [4.69, 9.17) is 10.2 Å². The van der Waals surface area contributed by atoms with Gasteiger partial charge in [-0.05, 0) is 20.3 Å². The minimum Gasteiger partial charge on any atom is -0.481 e. The van der Waals surface area contributed by atoms with Crippen molar-refractivity contribution in [3.05, 3.63) is 0 Å². The number of amides is 1. The number of ether oxygens (including phenoxy) is 1. The molecule has 11 heteroatoms. The van der Waals surface area contributed by atoms with Crippen LogP contribution in [0.4, 0.5) is 4.79 Å². The Morgan fingerprint density at radius 3 is 2.15 bits per heavy atom. The van der Waals surface area contributed by atoms with Crippen LogP contribution in [0, 0.1) is 0 Å². The summed E-state index contributed by atoms with van der Waals surface area (Å²) in [6, 6.07) is -1.67. The molecule has 0 aromatic rings. The molecule has 0 saturated heterocycles. The molecule has 0 spiro atoms. The van der Waals surface area contributed by atoms with Crippen LogP contribution in [0.3, 0.4) is 0 Å². The number of aliphatic carboxylic acids is 2. The van der Waals surface area contributed by atoms with Gasteiger partial charge in [-0.1, -0.05) is 0 Å². The third-order valence-corrected chi connectivity index (χ3v) is 2.83. The highest BCUT2D eigenvalue weighted by Gasteiger charge is 2.26. The Hall–Kier alpha value is -1.88. The van der Waals surface area contributed by atoms with Crippen LogP contribution in [-0.2, 0) is 24.5 Å². The Kier molecular flexibility index (Phi) is 6.93. The standard InChI is InChI=1S/C9H16N2O8S/c1-5(2)19-9(16)11-20(17,18)10-6(8(14)15)3-4-7(12)13/h5-6,10H,3-4H2,1-2H3,(H,11,16)(H,12,13)(H,14,15)/t6-/m0/s1. The second-order valence-corrected chi connectivity index (χ2v) is 5.45. The first-order valence-corrected chi connectivity index (χ1v) is 6.97. The Balaban J connectivity index is 4.64. The first-order valence-electron chi connectivity index (χ1n) is 5.48. The van der Waals surface area contributed by atoms with Crippen molar-refractivity contribution >= 4 is 28.2 Å². The predicted molar refractivity (Wildman–Crippen MR) is 65.1 cm³/mol. The fraction of sp³-hybridized carbons (Fsp3) is 0.667. The van der Waals surface area contributed by atoms with Crippen LogP contribution in [0.25, 0.3) is 0 Å². The molecule has 0 unspecified atom stereocenters. The highest BCUT2D eigenvalue weighted by atomic mass is 32.2. The Bertz CT molecular complexity index is 472. The average molecular weight is 312 g/mol. The molecule has 0 rings (SSSR count). The van der Waals surface area contributed by atoms with Gasteiger partial charge in [0.15, 0.2) is 0 Å². The largest absolute Gasteiger partial charge is 0.481 e. The van der Waals surface area contributed by atoms with Crippen LogP contribution in [-0.4, -0.2) is 48.8 Å². The SMILES string of the molecule is CC(C)OC(=O)NS(=O)(=O)N[C@@H](CCC(=O)O)C(=O)O. The van der Waals surface area contributed by atoms with Crippen molar-refractivity contribution in [2.45, 2.75) is 38.8 Å². The molecular weight excluding hydrogens is 296 g/mol. The molecule has 0 saturated carbocycles. The van der Waals surface area contributed by atoms with Crippen molar-refractivity contribution in [2.75, 3.05) is 0 Å². The lowest BCUT2D eigenvalue weighted by atomic mass is 10.2. The number of carbonyl (C=O) groups excluding carboxylic acids is 1. The summed E-state index contributed by atoms with van der Waals surface area (Å²) in [5, 5.41) is 17.2. The molecule has 20 heavy (non-hydrogen) atoms. The van der Waals surface area contributed by atoms with E-state index < -0.39 is 53.2 Å². The first kappa shape index (κ1) is 18.1. The zero-order valence-electron chi connectivity index (χ0n) is 10.8. The van der Waals surface area contributed by atoms with Gasteiger partial charge in [0.25, 0.3) is 0 Å². The summed E-state index contributed by atoms with van der Waals surface area (Å²) in [5.41, 5.74) is 0. The third kappa shape index (κ3) is 8.26. The zero-order valence-corrected chi connectivity index (χ0v) is 11.6. The highest BCUT2D eigenvalue weighted by Crippen LogP contribution is 2.00. The van der Waals surface area contributed by atoms with Gasteiger partial charge in [0.05, 0.1) is 6.10 Å². The minimum atomic E-state index is -4.47. The minimum absolute atomic E-state index is 0.467. The number of rotatable bonds is 8. The van der Waals surface area contributed by atoms with Gasteiger partial charge in [-0.25, -0.2) is 9.52 Å². The molecule has 0 fully saturated rings.